The molecule has 2 aromatic rings. The molecule has 0 radical (unpaired) electrons. The van der Waals surface area contributed by atoms with Gasteiger partial charge in [-0.05, 0) is 60.9 Å². The van der Waals surface area contributed by atoms with Crippen molar-refractivity contribution in [2.75, 3.05) is 14.2 Å². The van der Waals surface area contributed by atoms with E-state index in [9.17, 15) is 4.79 Å². The second kappa shape index (κ2) is 7.45. The van der Waals surface area contributed by atoms with Crippen LogP contribution >= 0.6 is 0 Å². The normalized spacial score (nSPS) is 10.6. The van der Waals surface area contributed by atoms with Crippen molar-refractivity contribution in [2.45, 2.75) is 13.8 Å². The van der Waals surface area contributed by atoms with E-state index < -0.39 is 0 Å². The van der Waals surface area contributed by atoms with Gasteiger partial charge >= 0.3 is 0 Å². The molecule has 0 aromatic heterocycles. The number of carbonyl (C=O) groups is 1. The van der Waals surface area contributed by atoms with Crippen molar-refractivity contribution in [3.8, 4) is 11.5 Å². The number of ether oxygens (including phenoxy) is 2. The Morgan fingerprint density at radius 2 is 1.74 bits per heavy atom. The van der Waals surface area contributed by atoms with Crippen LogP contribution < -0.4 is 14.9 Å². The van der Waals surface area contributed by atoms with Gasteiger partial charge in [-0.15, -0.1) is 0 Å². The smallest absolute Gasteiger partial charge is 0.271 e. The van der Waals surface area contributed by atoms with Gasteiger partial charge < -0.3 is 9.47 Å². The Morgan fingerprint density at radius 1 is 1.00 bits per heavy atom. The van der Waals surface area contributed by atoms with Crippen molar-refractivity contribution >= 4 is 12.1 Å². The molecule has 23 heavy (non-hydrogen) atoms. The van der Waals surface area contributed by atoms with Gasteiger partial charge in [-0.1, -0.05) is 6.07 Å². The van der Waals surface area contributed by atoms with Crippen LogP contribution in [0.25, 0.3) is 0 Å². The predicted octanol–water partition coefficient (Wildman–Crippen LogP) is 3.08. The standard InChI is InChI=1S/C18H20N2O3/c1-12-5-7-15(9-13(12)2)18(21)20-19-11-14-6-8-16(22-3)17(10-14)23-4/h5-11H,1-4H3,(H,20,21). The SMILES string of the molecule is COc1ccc(C=NNC(=O)c2ccc(C)c(C)c2)cc1OC. The molecule has 0 aliphatic heterocycles. The van der Waals surface area contributed by atoms with E-state index in [-0.39, 0.29) is 5.91 Å². The van der Waals surface area contributed by atoms with E-state index in [0.29, 0.717) is 17.1 Å². The van der Waals surface area contributed by atoms with Gasteiger partial charge in [0.2, 0.25) is 0 Å². The van der Waals surface area contributed by atoms with Crippen molar-refractivity contribution < 1.29 is 14.3 Å². The summed E-state index contributed by atoms with van der Waals surface area (Å²) >= 11 is 0. The first kappa shape index (κ1) is 16.5. The summed E-state index contributed by atoms with van der Waals surface area (Å²) in [6, 6.07) is 10.9. The number of rotatable bonds is 5. The molecule has 0 bridgehead atoms. The van der Waals surface area contributed by atoms with E-state index in [4.69, 9.17) is 9.47 Å². The molecule has 5 nitrogen and oxygen atoms in total. The first-order valence-electron chi connectivity index (χ1n) is 7.18. The molecule has 0 saturated carbocycles. The van der Waals surface area contributed by atoms with Crippen LogP contribution in [0.15, 0.2) is 41.5 Å². The average Bonchev–Trinajstić information content (AvgIpc) is 2.57. The summed E-state index contributed by atoms with van der Waals surface area (Å²) in [5, 5.41) is 3.98. The van der Waals surface area contributed by atoms with Crippen LogP contribution in [0, 0.1) is 13.8 Å². The highest BCUT2D eigenvalue weighted by atomic mass is 16.5. The zero-order chi connectivity index (χ0) is 16.8. The Morgan fingerprint density at radius 3 is 2.39 bits per heavy atom. The van der Waals surface area contributed by atoms with Gasteiger partial charge in [0.25, 0.3) is 5.91 Å². The Labute approximate surface area is 135 Å². The monoisotopic (exact) mass is 312 g/mol. The number of amides is 1. The summed E-state index contributed by atoms with van der Waals surface area (Å²) < 4.78 is 10.4. The number of nitrogens with one attached hydrogen (secondary N) is 1. The fourth-order valence-electron chi connectivity index (χ4n) is 2.05. The average molecular weight is 312 g/mol. The molecule has 2 aromatic carbocycles. The fourth-order valence-corrected chi connectivity index (χ4v) is 2.05. The maximum absolute atomic E-state index is 12.1. The maximum Gasteiger partial charge on any atom is 0.271 e. The number of hydrogen-bond donors (Lipinski definition) is 1. The second-order valence-corrected chi connectivity index (χ2v) is 5.11. The molecule has 0 atom stereocenters. The number of hydrogen-bond acceptors (Lipinski definition) is 4. The van der Waals surface area contributed by atoms with Gasteiger partial charge in [-0.3, -0.25) is 4.79 Å². The van der Waals surface area contributed by atoms with Crippen molar-refractivity contribution in [1.82, 2.24) is 5.43 Å². The first-order valence-corrected chi connectivity index (χ1v) is 7.18. The largest absolute Gasteiger partial charge is 0.493 e. The Hall–Kier alpha value is -2.82. The Kier molecular flexibility index (Phi) is 5.36. The minimum absolute atomic E-state index is 0.246. The van der Waals surface area contributed by atoms with Gasteiger partial charge in [-0.25, -0.2) is 5.43 Å². The lowest BCUT2D eigenvalue weighted by Crippen LogP contribution is -2.17. The van der Waals surface area contributed by atoms with Gasteiger partial charge in [0, 0.05) is 5.56 Å². The van der Waals surface area contributed by atoms with E-state index in [0.717, 1.165) is 16.7 Å². The number of aryl methyl sites for hydroxylation is 2. The number of methoxy groups -OCH3 is 2. The molecule has 120 valence electrons. The molecule has 0 aliphatic rings. The molecule has 0 saturated heterocycles. The Balaban J connectivity index is 2.06. The summed E-state index contributed by atoms with van der Waals surface area (Å²) in [7, 11) is 3.15. The summed E-state index contributed by atoms with van der Waals surface area (Å²) in [6.07, 6.45) is 1.56. The fraction of sp³-hybridized carbons (Fsp3) is 0.222. The van der Waals surface area contributed by atoms with Crippen LogP contribution in [0.3, 0.4) is 0 Å². The molecule has 0 unspecified atom stereocenters. The zero-order valence-electron chi connectivity index (χ0n) is 13.7. The third kappa shape index (κ3) is 4.10. The van der Waals surface area contributed by atoms with Crippen molar-refractivity contribution in [1.29, 1.82) is 0 Å². The molecule has 5 heteroatoms. The molecule has 0 spiro atoms. The quantitative estimate of drug-likeness (QED) is 0.682. The lowest BCUT2D eigenvalue weighted by Gasteiger charge is -2.07. The van der Waals surface area contributed by atoms with Crippen LogP contribution in [0.5, 0.6) is 11.5 Å². The van der Waals surface area contributed by atoms with Crippen molar-refractivity contribution in [3.63, 3.8) is 0 Å². The summed E-state index contributed by atoms with van der Waals surface area (Å²) in [4.78, 5) is 12.1. The molecule has 0 fully saturated rings. The molecule has 1 N–H and O–H groups in total. The summed E-state index contributed by atoms with van der Waals surface area (Å²) in [5.74, 6) is 1.01. The molecule has 1 amide bonds. The third-order valence-corrected chi connectivity index (χ3v) is 3.56. The Bertz CT molecular complexity index is 739. The topological polar surface area (TPSA) is 59.9 Å². The minimum Gasteiger partial charge on any atom is -0.493 e. The van der Waals surface area contributed by atoms with E-state index in [1.165, 1.54) is 0 Å². The maximum atomic E-state index is 12.1. The highest BCUT2D eigenvalue weighted by Crippen LogP contribution is 2.26. The lowest BCUT2D eigenvalue weighted by atomic mass is 10.1. The van der Waals surface area contributed by atoms with Crippen LogP contribution in [-0.2, 0) is 0 Å². The van der Waals surface area contributed by atoms with E-state index >= 15 is 0 Å². The highest BCUT2D eigenvalue weighted by molar-refractivity contribution is 5.95. The summed E-state index contributed by atoms with van der Waals surface area (Å²) in [5.41, 5.74) is 6.11. The van der Waals surface area contributed by atoms with Gasteiger partial charge in [0.05, 0.1) is 20.4 Å². The number of benzene rings is 2. The van der Waals surface area contributed by atoms with Gasteiger partial charge in [0.15, 0.2) is 11.5 Å². The molecule has 2 rings (SSSR count). The lowest BCUT2D eigenvalue weighted by molar-refractivity contribution is 0.0955. The van der Waals surface area contributed by atoms with Crippen molar-refractivity contribution in [2.24, 2.45) is 5.10 Å². The van der Waals surface area contributed by atoms with Crippen molar-refractivity contribution in [3.05, 3.63) is 58.7 Å². The minimum atomic E-state index is -0.246. The van der Waals surface area contributed by atoms with Crippen LogP contribution in [-0.4, -0.2) is 26.3 Å². The second-order valence-electron chi connectivity index (χ2n) is 5.11. The van der Waals surface area contributed by atoms with Crippen LogP contribution in [0.2, 0.25) is 0 Å². The van der Waals surface area contributed by atoms with Gasteiger partial charge in [-0.2, -0.15) is 5.10 Å². The summed E-state index contributed by atoms with van der Waals surface area (Å²) in [6.45, 7) is 3.98. The molecule has 0 aliphatic carbocycles. The van der Waals surface area contributed by atoms with E-state index in [1.54, 1.807) is 38.6 Å². The molecule has 0 heterocycles. The predicted molar refractivity (Wildman–Crippen MR) is 90.5 cm³/mol. The zero-order valence-corrected chi connectivity index (χ0v) is 13.7. The number of nitrogens with zero attached hydrogens (tertiary/aromatic N) is 1. The first-order chi connectivity index (χ1) is 11.0. The third-order valence-electron chi connectivity index (χ3n) is 3.56. The van der Waals surface area contributed by atoms with Gasteiger partial charge in [0.1, 0.15) is 0 Å². The van der Waals surface area contributed by atoms with E-state index in [2.05, 4.69) is 10.5 Å². The number of carbonyl (C=O) groups excluding carboxylic acids is 1. The molecular formula is C18H20N2O3. The number of hydrazone groups is 1. The molecular weight excluding hydrogens is 292 g/mol. The van der Waals surface area contributed by atoms with Crippen LogP contribution in [0.4, 0.5) is 0 Å². The van der Waals surface area contributed by atoms with Crippen LogP contribution in [0.1, 0.15) is 27.0 Å². The highest BCUT2D eigenvalue weighted by Gasteiger charge is 2.06. The van der Waals surface area contributed by atoms with E-state index in [1.807, 2.05) is 32.0 Å².